The van der Waals surface area contributed by atoms with Crippen LogP contribution in [0.5, 0.6) is 0 Å². The summed E-state index contributed by atoms with van der Waals surface area (Å²) in [5, 5.41) is 5.39. The number of fused-ring (bicyclic) bond motifs is 5. The lowest BCUT2D eigenvalue weighted by Crippen LogP contribution is -2.42. The van der Waals surface area contributed by atoms with Crippen LogP contribution < -0.4 is 4.90 Å². The summed E-state index contributed by atoms with van der Waals surface area (Å²) in [5.74, 6) is 1.13. The van der Waals surface area contributed by atoms with Gasteiger partial charge in [-0.15, -0.1) is 0 Å². The smallest absolute Gasteiger partial charge is 0.412 e. The van der Waals surface area contributed by atoms with Crippen LogP contribution >= 0.6 is 0 Å². The molecule has 1 aromatic carbocycles. The second kappa shape index (κ2) is 12.3. The Morgan fingerprint density at radius 2 is 1.79 bits per heavy atom. The number of hydrogen-bond acceptors (Lipinski definition) is 7. The first-order valence-electron chi connectivity index (χ1n) is 17.4. The van der Waals surface area contributed by atoms with Crippen molar-refractivity contribution in [2.24, 2.45) is 5.41 Å². The van der Waals surface area contributed by atoms with E-state index in [1.807, 2.05) is 75.4 Å². The van der Waals surface area contributed by atoms with E-state index >= 15 is 0 Å². The van der Waals surface area contributed by atoms with Gasteiger partial charge in [-0.3, -0.25) is 9.88 Å². The molecule has 2 bridgehead atoms. The van der Waals surface area contributed by atoms with Gasteiger partial charge in [-0.1, -0.05) is 51.1 Å². The highest BCUT2D eigenvalue weighted by molar-refractivity contribution is 5.72. The van der Waals surface area contributed by atoms with Crippen molar-refractivity contribution < 1.29 is 14.3 Å². The Bertz CT molecular complexity index is 1760. The molecule has 9 heteroatoms. The van der Waals surface area contributed by atoms with Gasteiger partial charge in [0, 0.05) is 29.5 Å². The normalized spacial score (nSPS) is 22.7. The number of carbonyl (C=O) groups excluding carboxylic acids is 1. The number of benzene rings is 1. The third kappa shape index (κ3) is 5.76. The van der Waals surface area contributed by atoms with Crippen LogP contribution in [0.4, 0.5) is 16.3 Å². The molecule has 252 valence electrons. The third-order valence-electron chi connectivity index (χ3n) is 10.8. The summed E-state index contributed by atoms with van der Waals surface area (Å²) in [5.41, 5.74) is 5.65. The first kappa shape index (κ1) is 32.3. The van der Waals surface area contributed by atoms with E-state index in [2.05, 4.69) is 47.5 Å². The van der Waals surface area contributed by atoms with Gasteiger partial charge >= 0.3 is 6.09 Å². The molecule has 2 fully saturated rings. The molecule has 3 aliphatic rings. The van der Waals surface area contributed by atoms with E-state index < -0.39 is 11.7 Å². The van der Waals surface area contributed by atoms with Gasteiger partial charge in [0.2, 0.25) is 0 Å². The summed E-state index contributed by atoms with van der Waals surface area (Å²) < 4.78 is 14.4. The van der Waals surface area contributed by atoms with E-state index in [9.17, 15) is 4.79 Å². The van der Waals surface area contributed by atoms with E-state index in [-0.39, 0.29) is 30.3 Å². The van der Waals surface area contributed by atoms with Crippen LogP contribution in [-0.4, -0.2) is 49.6 Å². The molecule has 1 aliphatic heterocycles. The fourth-order valence-corrected chi connectivity index (χ4v) is 7.95. The Morgan fingerprint density at radius 3 is 2.50 bits per heavy atom. The molecule has 0 radical (unpaired) electrons. The molecule has 3 aromatic heterocycles. The molecule has 1 amide bonds. The van der Waals surface area contributed by atoms with Crippen molar-refractivity contribution in [2.45, 2.75) is 103 Å². The molecule has 3 atom stereocenters. The van der Waals surface area contributed by atoms with Crippen molar-refractivity contribution in [2.75, 3.05) is 18.2 Å². The Labute approximate surface area is 284 Å². The molecule has 0 spiro atoms. The largest absolute Gasteiger partial charge is 0.444 e. The molecular weight excluding hydrogens is 600 g/mol. The second-order valence-corrected chi connectivity index (χ2v) is 15.3. The monoisotopic (exact) mass is 648 g/mol. The van der Waals surface area contributed by atoms with Gasteiger partial charge in [-0.2, -0.15) is 5.10 Å². The average molecular weight is 649 g/mol. The van der Waals surface area contributed by atoms with E-state index in [1.54, 1.807) is 11.1 Å². The number of ether oxygens (including phenoxy) is 2. The van der Waals surface area contributed by atoms with Gasteiger partial charge in [0.25, 0.3) is 0 Å². The highest BCUT2D eigenvalue weighted by atomic mass is 16.6. The SMILES string of the molecule is CC(C)(C)OC(=O)N(Cc1ccccn1)CN(c1ccccc1)c1cccc(-c2c3c(nn2C2CCCCO2)C2(C)CCC3C2(C)C)n1. The van der Waals surface area contributed by atoms with E-state index in [0.29, 0.717) is 5.92 Å². The summed E-state index contributed by atoms with van der Waals surface area (Å²) in [7, 11) is 0. The minimum atomic E-state index is -0.654. The van der Waals surface area contributed by atoms with Crippen molar-refractivity contribution in [3.05, 3.63) is 89.9 Å². The number of hydrogen-bond donors (Lipinski definition) is 0. The van der Waals surface area contributed by atoms with Gasteiger partial charge in [0.05, 0.1) is 29.3 Å². The number of nitrogens with zero attached hydrogens (tertiary/aromatic N) is 6. The number of aromatic nitrogens is 4. The highest BCUT2D eigenvalue weighted by Gasteiger charge is 2.62. The maximum atomic E-state index is 13.7. The highest BCUT2D eigenvalue weighted by Crippen LogP contribution is 2.69. The van der Waals surface area contributed by atoms with Crippen LogP contribution in [0.2, 0.25) is 0 Å². The van der Waals surface area contributed by atoms with Gasteiger partial charge in [-0.05, 0) is 101 Å². The zero-order valence-corrected chi connectivity index (χ0v) is 29.1. The molecule has 4 heterocycles. The van der Waals surface area contributed by atoms with E-state index in [4.69, 9.17) is 19.6 Å². The summed E-state index contributed by atoms with van der Waals surface area (Å²) >= 11 is 0. The summed E-state index contributed by atoms with van der Waals surface area (Å²) in [4.78, 5) is 27.4. The topological polar surface area (TPSA) is 85.6 Å². The number of anilines is 2. The second-order valence-electron chi connectivity index (χ2n) is 15.3. The fourth-order valence-electron chi connectivity index (χ4n) is 7.95. The molecule has 7 rings (SSSR count). The fraction of sp³-hybridized carbons (Fsp3) is 0.487. The minimum Gasteiger partial charge on any atom is -0.444 e. The maximum Gasteiger partial charge on any atom is 0.412 e. The van der Waals surface area contributed by atoms with Crippen LogP contribution in [0, 0.1) is 5.41 Å². The molecule has 4 aromatic rings. The molecule has 3 unspecified atom stereocenters. The minimum absolute atomic E-state index is 0.00867. The number of amides is 1. The summed E-state index contributed by atoms with van der Waals surface area (Å²) in [6, 6.07) is 22.0. The van der Waals surface area contributed by atoms with Gasteiger partial charge in [0.1, 0.15) is 18.1 Å². The predicted octanol–water partition coefficient (Wildman–Crippen LogP) is 8.75. The Balaban J connectivity index is 1.32. The third-order valence-corrected chi connectivity index (χ3v) is 10.8. The molecule has 2 aliphatic carbocycles. The Hall–Kier alpha value is -4.24. The number of rotatable bonds is 8. The van der Waals surface area contributed by atoms with Gasteiger partial charge in [0.15, 0.2) is 6.23 Å². The van der Waals surface area contributed by atoms with Crippen molar-refractivity contribution in [1.82, 2.24) is 24.6 Å². The molecule has 1 saturated carbocycles. The number of pyridine rings is 2. The Kier molecular flexibility index (Phi) is 8.30. The van der Waals surface area contributed by atoms with Crippen LogP contribution in [0.3, 0.4) is 0 Å². The van der Waals surface area contributed by atoms with Crippen molar-refractivity contribution in [3.63, 3.8) is 0 Å². The van der Waals surface area contributed by atoms with Crippen LogP contribution in [0.25, 0.3) is 11.4 Å². The van der Waals surface area contributed by atoms with E-state index in [0.717, 1.165) is 67.3 Å². The van der Waals surface area contributed by atoms with Crippen LogP contribution in [0.1, 0.15) is 103 Å². The zero-order valence-electron chi connectivity index (χ0n) is 29.1. The first-order chi connectivity index (χ1) is 23.0. The lowest BCUT2D eigenvalue weighted by molar-refractivity contribution is -0.0391. The molecule has 9 nitrogen and oxygen atoms in total. The predicted molar refractivity (Wildman–Crippen MR) is 187 cm³/mol. The van der Waals surface area contributed by atoms with Crippen LogP contribution in [0.15, 0.2) is 72.9 Å². The molecule has 48 heavy (non-hydrogen) atoms. The molecular formula is C39H48N6O3. The van der Waals surface area contributed by atoms with Crippen molar-refractivity contribution >= 4 is 17.6 Å². The summed E-state index contributed by atoms with van der Waals surface area (Å²) in [6.07, 6.45) is 6.64. The average Bonchev–Trinajstić information content (AvgIpc) is 3.64. The standard InChI is InChI=1S/C39H48N6O3/c1-37(2,3)48-36(46)43(25-27-15-10-12-23-40-27)26-44(28-16-8-7-9-17-28)31-19-14-18-30(41-31)34-33-29-21-22-39(6,38(29,4)5)35(33)42-45(34)32-20-11-13-24-47-32/h7-10,12,14-19,23,29,32H,11,13,20-22,24-26H2,1-6H3. The van der Waals surface area contributed by atoms with Crippen molar-refractivity contribution in [3.8, 4) is 11.4 Å². The van der Waals surface area contributed by atoms with E-state index in [1.165, 1.54) is 11.3 Å². The van der Waals surface area contributed by atoms with Crippen molar-refractivity contribution in [1.29, 1.82) is 0 Å². The molecule has 1 saturated heterocycles. The zero-order chi connectivity index (χ0) is 33.7. The summed E-state index contributed by atoms with van der Waals surface area (Å²) in [6.45, 7) is 14.1. The van der Waals surface area contributed by atoms with Gasteiger partial charge < -0.3 is 14.4 Å². The Morgan fingerprint density at radius 1 is 1.00 bits per heavy atom. The number of carbonyl (C=O) groups is 1. The number of para-hydroxylation sites is 1. The van der Waals surface area contributed by atoms with Gasteiger partial charge in [-0.25, -0.2) is 14.5 Å². The quantitative estimate of drug-likeness (QED) is 0.177. The maximum absolute atomic E-state index is 13.7. The lowest BCUT2D eigenvalue weighted by Gasteiger charge is -2.35. The first-order valence-corrected chi connectivity index (χ1v) is 17.4. The molecule has 0 N–H and O–H groups in total. The van der Waals surface area contributed by atoms with Crippen LogP contribution in [-0.2, 0) is 21.4 Å². The lowest BCUT2D eigenvalue weighted by atomic mass is 9.70.